The van der Waals surface area contributed by atoms with Gasteiger partial charge in [0.05, 0.1) is 19.1 Å². The largest absolute Gasteiger partial charge is 0.392 e. The summed E-state index contributed by atoms with van der Waals surface area (Å²) in [6.45, 7) is 6.26. The van der Waals surface area contributed by atoms with Gasteiger partial charge in [-0.1, -0.05) is 72.3 Å². The van der Waals surface area contributed by atoms with Crippen molar-refractivity contribution >= 4 is 23.6 Å². The number of aryl methyl sites for hydroxylation is 1. The fraction of sp³-hybridized carbons (Fsp3) is 0.310. The molecule has 2 atom stereocenters. The molecular weight excluding hydrogens is 456 g/mol. The predicted molar refractivity (Wildman–Crippen MR) is 140 cm³/mol. The van der Waals surface area contributed by atoms with Crippen LogP contribution in [0.5, 0.6) is 0 Å². The maximum Gasteiger partial charge on any atom is 0.239 e. The molecule has 2 amide bonds. The first-order chi connectivity index (χ1) is 16.8. The minimum Gasteiger partial charge on any atom is -0.392 e. The molecule has 0 spiro atoms. The van der Waals surface area contributed by atoms with Crippen molar-refractivity contribution in [3.8, 4) is 0 Å². The number of aliphatic hydroxyl groups is 1. The molecule has 1 heterocycles. The van der Waals surface area contributed by atoms with Gasteiger partial charge in [0.1, 0.15) is 4.75 Å². The Balaban J connectivity index is 1.84. The summed E-state index contributed by atoms with van der Waals surface area (Å²) in [5.74, 6) is -0.193. The number of carbonyl (C=O) groups is 2. The van der Waals surface area contributed by atoms with Crippen molar-refractivity contribution in [2.45, 2.75) is 62.1 Å². The summed E-state index contributed by atoms with van der Waals surface area (Å²) in [5, 5.41) is 12.7. The van der Waals surface area contributed by atoms with Gasteiger partial charge in [0.25, 0.3) is 0 Å². The summed E-state index contributed by atoms with van der Waals surface area (Å²) in [6.07, 6.45) is 0.101. The third-order valence-corrected chi connectivity index (χ3v) is 7.71. The molecule has 0 aliphatic carbocycles. The van der Waals surface area contributed by atoms with Crippen LogP contribution in [0.2, 0.25) is 0 Å². The fourth-order valence-corrected chi connectivity index (χ4v) is 5.99. The molecule has 5 nitrogen and oxygen atoms in total. The van der Waals surface area contributed by atoms with Crippen LogP contribution < -0.4 is 5.32 Å². The number of amides is 2. The zero-order valence-electron chi connectivity index (χ0n) is 20.4. The van der Waals surface area contributed by atoms with Crippen LogP contribution in [0, 0.1) is 6.92 Å². The summed E-state index contributed by atoms with van der Waals surface area (Å²) >= 11 is 1.46. The van der Waals surface area contributed by atoms with Crippen molar-refractivity contribution in [3.05, 3.63) is 101 Å². The van der Waals surface area contributed by atoms with Crippen LogP contribution in [0.3, 0.4) is 0 Å². The van der Waals surface area contributed by atoms with Gasteiger partial charge in [0.15, 0.2) is 0 Å². The Hall–Kier alpha value is -3.09. The van der Waals surface area contributed by atoms with Crippen molar-refractivity contribution in [1.82, 2.24) is 10.2 Å². The Morgan fingerprint density at radius 1 is 1.03 bits per heavy atom. The zero-order valence-corrected chi connectivity index (χ0v) is 21.2. The monoisotopic (exact) mass is 488 g/mol. The van der Waals surface area contributed by atoms with E-state index in [4.69, 9.17) is 0 Å². The molecule has 0 aromatic heterocycles. The summed E-state index contributed by atoms with van der Waals surface area (Å²) in [7, 11) is 0. The minimum absolute atomic E-state index is 0.0522. The number of nitrogens with one attached hydrogen (secondary N) is 1. The molecule has 1 aliphatic heterocycles. The molecule has 4 rings (SSSR count). The minimum atomic E-state index is -1.05. The molecule has 1 fully saturated rings. The zero-order chi connectivity index (χ0) is 25.0. The number of hydrogen-bond donors (Lipinski definition) is 2. The molecule has 6 heteroatoms. The van der Waals surface area contributed by atoms with Gasteiger partial charge in [-0.25, -0.2) is 0 Å². The van der Waals surface area contributed by atoms with Crippen LogP contribution in [0.4, 0.5) is 0 Å². The van der Waals surface area contributed by atoms with Crippen LogP contribution >= 0.6 is 11.8 Å². The van der Waals surface area contributed by atoms with Crippen LogP contribution in [0.25, 0.3) is 0 Å². The van der Waals surface area contributed by atoms with E-state index in [0.717, 1.165) is 27.1 Å². The van der Waals surface area contributed by atoms with E-state index in [0.29, 0.717) is 6.54 Å². The molecule has 35 heavy (non-hydrogen) atoms. The van der Waals surface area contributed by atoms with E-state index in [1.54, 1.807) is 0 Å². The highest BCUT2D eigenvalue weighted by Crippen LogP contribution is 2.53. The van der Waals surface area contributed by atoms with E-state index >= 15 is 0 Å². The lowest BCUT2D eigenvalue weighted by Gasteiger charge is -2.37. The van der Waals surface area contributed by atoms with Crippen LogP contribution in [0.1, 0.15) is 48.6 Å². The average molecular weight is 489 g/mol. The maximum absolute atomic E-state index is 13.9. The Morgan fingerprint density at radius 3 is 2.29 bits per heavy atom. The Labute approximate surface area is 211 Å². The molecule has 0 saturated carbocycles. The van der Waals surface area contributed by atoms with Crippen molar-refractivity contribution < 1.29 is 14.7 Å². The summed E-state index contributed by atoms with van der Waals surface area (Å²) in [4.78, 5) is 30.4. The van der Waals surface area contributed by atoms with Gasteiger partial charge in [-0.15, -0.1) is 11.8 Å². The highest BCUT2D eigenvalue weighted by molar-refractivity contribution is 8.01. The predicted octanol–water partition coefficient (Wildman–Crippen LogP) is 5.02. The highest BCUT2D eigenvalue weighted by atomic mass is 32.2. The maximum atomic E-state index is 13.9. The number of benzene rings is 3. The third-order valence-electron chi connectivity index (χ3n) is 6.29. The summed E-state index contributed by atoms with van der Waals surface area (Å²) in [5.41, 5.74) is 3.82. The first-order valence-corrected chi connectivity index (χ1v) is 12.7. The van der Waals surface area contributed by atoms with Crippen molar-refractivity contribution in [3.63, 3.8) is 0 Å². The molecule has 0 bridgehead atoms. The van der Waals surface area contributed by atoms with E-state index in [1.165, 1.54) is 11.8 Å². The van der Waals surface area contributed by atoms with Crippen molar-refractivity contribution in [2.75, 3.05) is 0 Å². The van der Waals surface area contributed by atoms with Crippen LogP contribution in [-0.2, 0) is 22.7 Å². The lowest BCUT2D eigenvalue weighted by molar-refractivity contribution is -0.129. The summed E-state index contributed by atoms with van der Waals surface area (Å²) in [6, 6.07) is 25.0. The second-order valence-electron chi connectivity index (χ2n) is 9.42. The Morgan fingerprint density at radius 2 is 1.69 bits per heavy atom. The average Bonchev–Trinajstić information content (AvgIpc) is 3.12. The lowest BCUT2D eigenvalue weighted by Crippen LogP contribution is -2.50. The van der Waals surface area contributed by atoms with E-state index < -0.39 is 10.8 Å². The second kappa shape index (κ2) is 10.7. The van der Waals surface area contributed by atoms with E-state index in [2.05, 4.69) is 5.32 Å². The van der Waals surface area contributed by atoms with Gasteiger partial charge in [-0.2, -0.15) is 0 Å². The van der Waals surface area contributed by atoms with Gasteiger partial charge in [-0.05, 0) is 49.6 Å². The number of likely N-dealkylation sites (tertiary alicyclic amines) is 1. The molecule has 3 aromatic carbocycles. The van der Waals surface area contributed by atoms with E-state index in [1.807, 2.05) is 105 Å². The summed E-state index contributed by atoms with van der Waals surface area (Å²) < 4.78 is -1.05. The van der Waals surface area contributed by atoms with Crippen LogP contribution in [0.15, 0.2) is 83.8 Å². The molecular formula is C29H32N2O3S. The standard InChI is InChI=1S/C29H32N2O3S/c1-20(2)30-28(34)29(35-25-15-9-21(3)10-16-25)17-26(33)31(18-22-7-5-4-6-8-22)27(29)24-13-11-23(19-32)12-14-24/h4-16,20,27,32H,17-19H2,1-3H3,(H,30,34)/t27-,29-/m1/s1. The number of thioether (sulfide) groups is 1. The quantitative estimate of drug-likeness (QED) is 0.467. The molecule has 0 unspecified atom stereocenters. The van der Waals surface area contributed by atoms with Crippen molar-refractivity contribution in [2.24, 2.45) is 0 Å². The molecule has 1 saturated heterocycles. The smallest absolute Gasteiger partial charge is 0.239 e. The number of hydrogen-bond acceptors (Lipinski definition) is 4. The molecule has 1 aliphatic rings. The van der Waals surface area contributed by atoms with E-state index in [9.17, 15) is 14.7 Å². The SMILES string of the molecule is Cc1ccc(S[C@]2(C(=O)NC(C)C)CC(=O)N(Cc3ccccc3)[C@@H]2c2ccc(CO)cc2)cc1. The normalized spacial score (nSPS) is 19.9. The second-order valence-corrected chi connectivity index (χ2v) is 10.8. The Bertz CT molecular complexity index is 1160. The topological polar surface area (TPSA) is 69.6 Å². The number of nitrogens with zero attached hydrogens (tertiary/aromatic N) is 1. The number of aliphatic hydroxyl groups excluding tert-OH is 1. The fourth-order valence-electron chi connectivity index (χ4n) is 4.58. The van der Waals surface area contributed by atoms with Gasteiger partial charge in [0, 0.05) is 17.5 Å². The molecule has 0 radical (unpaired) electrons. The third kappa shape index (κ3) is 5.44. The van der Waals surface area contributed by atoms with Gasteiger partial charge in [-0.3, -0.25) is 9.59 Å². The van der Waals surface area contributed by atoms with E-state index in [-0.39, 0.29) is 30.9 Å². The first kappa shape index (κ1) is 25.0. The van der Waals surface area contributed by atoms with Crippen LogP contribution in [-0.4, -0.2) is 32.6 Å². The molecule has 182 valence electrons. The van der Waals surface area contributed by atoms with Gasteiger partial charge < -0.3 is 15.3 Å². The van der Waals surface area contributed by atoms with Crippen molar-refractivity contribution in [1.29, 1.82) is 0 Å². The highest BCUT2D eigenvalue weighted by Gasteiger charge is 2.58. The first-order valence-electron chi connectivity index (χ1n) is 11.9. The molecule has 3 aromatic rings. The number of carbonyl (C=O) groups excluding carboxylic acids is 2. The number of rotatable bonds is 8. The van der Waals surface area contributed by atoms with Gasteiger partial charge >= 0.3 is 0 Å². The Kier molecular flexibility index (Phi) is 7.63. The van der Waals surface area contributed by atoms with Gasteiger partial charge in [0.2, 0.25) is 11.8 Å². The lowest BCUT2D eigenvalue weighted by atomic mass is 9.90. The molecule has 2 N–H and O–H groups in total.